The molecule has 0 aliphatic heterocycles. The molecule has 0 aliphatic rings. The molecule has 1 atom stereocenters. The molecular formula is C19H14Cl2N2O4. The first-order chi connectivity index (χ1) is 12.9. The van der Waals surface area contributed by atoms with E-state index >= 15 is 0 Å². The highest BCUT2D eigenvalue weighted by Gasteiger charge is 2.22. The second-order valence-electron chi connectivity index (χ2n) is 5.70. The highest BCUT2D eigenvalue weighted by atomic mass is 35.5. The zero-order valence-electron chi connectivity index (χ0n) is 14.1. The number of benzene rings is 2. The summed E-state index contributed by atoms with van der Waals surface area (Å²) in [7, 11) is 0. The lowest BCUT2D eigenvalue weighted by Gasteiger charge is -2.14. The second-order valence-corrected chi connectivity index (χ2v) is 6.55. The summed E-state index contributed by atoms with van der Waals surface area (Å²) in [5.41, 5.74) is -0.0315. The Bertz CT molecular complexity index is 1040. The molecule has 138 valence electrons. The monoisotopic (exact) mass is 404 g/mol. The van der Waals surface area contributed by atoms with Gasteiger partial charge in [0, 0.05) is 11.6 Å². The van der Waals surface area contributed by atoms with Crippen LogP contribution in [-0.2, 0) is 9.53 Å². The number of halogens is 2. The fourth-order valence-electron chi connectivity index (χ4n) is 2.42. The molecule has 2 aromatic carbocycles. The van der Waals surface area contributed by atoms with Crippen LogP contribution in [0, 0.1) is 0 Å². The van der Waals surface area contributed by atoms with Crippen LogP contribution in [0.4, 0.5) is 5.82 Å². The van der Waals surface area contributed by atoms with E-state index in [1.807, 2.05) is 12.1 Å². The van der Waals surface area contributed by atoms with Gasteiger partial charge in [0.2, 0.25) is 0 Å². The molecule has 1 amide bonds. The van der Waals surface area contributed by atoms with E-state index in [2.05, 4.69) is 10.3 Å². The molecule has 0 saturated heterocycles. The molecule has 0 bridgehead atoms. The maximum absolute atomic E-state index is 12.4. The molecule has 0 radical (unpaired) electrons. The number of fused-ring (bicyclic) bond motifs is 1. The molecule has 3 aromatic rings. The van der Waals surface area contributed by atoms with Crippen molar-refractivity contribution in [1.29, 1.82) is 0 Å². The number of hydrogen-bond donors (Lipinski definition) is 2. The third-order valence-electron chi connectivity index (χ3n) is 3.82. The maximum Gasteiger partial charge on any atom is 0.342 e. The van der Waals surface area contributed by atoms with E-state index in [1.165, 1.54) is 25.3 Å². The molecule has 0 fully saturated rings. The summed E-state index contributed by atoms with van der Waals surface area (Å²) in [5.74, 6) is -1.55. The van der Waals surface area contributed by atoms with Gasteiger partial charge in [0.1, 0.15) is 11.3 Å². The van der Waals surface area contributed by atoms with Gasteiger partial charge in [-0.25, -0.2) is 9.78 Å². The zero-order valence-corrected chi connectivity index (χ0v) is 15.6. The number of hydrogen-bond acceptors (Lipinski definition) is 5. The number of carbonyl (C=O) groups is 2. The number of phenolic OH excluding ortho intramolecular Hbond substituents is 1. The number of pyridine rings is 1. The molecular weight excluding hydrogens is 391 g/mol. The third kappa shape index (κ3) is 4.13. The van der Waals surface area contributed by atoms with Gasteiger partial charge in [-0.2, -0.15) is 0 Å². The molecule has 0 spiro atoms. The van der Waals surface area contributed by atoms with Crippen LogP contribution in [0.3, 0.4) is 0 Å². The summed E-state index contributed by atoms with van der Waals surface area (Å²) in [6.07, 6.45) is 0.184. The lowest BCUT2D eigenvalue weighted by Crippen LogP contribution is -2.30. The Labute approximate surface area is 164 Å². The van der Waals surface area contributed by atoms with Gasteiger partial charge in [-0.3, -0.25) is 4.79 Å². The van der Waals surface area contributed by atoms with Crippen molar-refractivity contribution in [3.8, 4) is 5.75 Å². The quantitative estimate of drug-likeness (QED) is 0.627. The molecule has 8 heteroatoms. The van der Waals surface area contributed by atoms with E-state index in [4.69, 9.17) is 27.9 Å². The third-order valence-corrected chi connectivity index (χ3v) is 4.32. The number of carbonyl (C=O) groups excluding carboxylic acids is 2. The van der Waals surface area contributed by atoms with Crippen LogP contribution in [-0.4, -0.2) is 28.1 Å². The lowest BCUT2D eigenvalue weighted by atomic mass is 10.1. The summed E-state index contributed by atoms with van der Waals surface area (Å²) >= 11 is 11.7. The summed E-state index contributed by atoms with van der Waals surface area (Å²) in [4.78, 5) is 28.5. The summed E-state index contributed by atoms with van der Waals surface area (Å²) < 4.78 is 5.16. The minimum Gasteiger partial charge on any atom is -0.506 e. The molecule has 1 aromatic heterocycles. The van der Waals surface area contributed by atoms with Crippen LogP contribution in [0.2, 0.25) is 10.0 Å². The molecule has 1 unspecified atom stereocenters. The average molecular weight is 405 g/mol. The second kappa shape index (κ2) is 7.82. The fourth-order valence-corrected chi connectivity index (χ4v) is 2.85. The number of rotatable bonds is 4. The van der Waals surface area contributed by atoms with E-state index < -0.39 is 18.0 Å². The highest BCUT2D eigenvalue weighted by Crippen LogP contribution is 2.29. The average Bonchev–Trinajstić information content (AvgIpc) is 2.64. The first-order valence-corrected chi connectivity index (χ1v) is 8.66. The number of nitrogens with zero attached hydrogens (tertiary/aromatic N) is 1. The Balaban J connectivity index is 1.73. The van der Waals surface area contributed by atoms with Crippen molar-refractivity contribution >= 4 is 51.7 Å². The van der Waals surface area contributed by atoms with Gasteiger partial charge < -0.3 is 15.2 Å². The SMILES string of the molecule is CC(OC(=O)c1ccc2ccccc2c1O)C(=O)Nc1ncc(Cl)cc1Cl. The van der Waals surface area contributed by atoms with E-state index in [9.17, 15) is 14.7 Å². The fraction of sp³-hybridized carbons (Fsp3) is 0.105. The predicted octanol–water partition coefficient (Wildman–Crippen LogP) is 4.43. The van der Waals surface area contributed by atoms with Crippen LogP contribution >= 0.6 is 23.2 Å². The number of anilines is 1. The van der Waals surface area contributed by atoms with Crippen LogP contribution in [0.5, 0.6) is 5.75 Å². The normalized spacial score (nSPS) is 11.8. The number of aromatic nitrogens is 1. The largest absolute Gasteiger partial charge is 0.506 e. The Morgan fingerprint density at radius 2 is 1.93 bits per heavy atom. The van der Waals surface area contributed by atoms with Crippen molar-refractivity contribution in [2.75, 3.05) is 5.32 Å². The molecule has 0 aliphatic carbocycles. The van der Waals surface area contributed by atoms with Gasteiger partial charge in [-0.05, 0) is 24.4 Å². The summed E-state index contributed by atoms with van der Waals surface area (Å²) in [5, 5.41) is 14.6. The van der Waals surface area contributed by atoms with Gasteiger partial charge in [-0.1, -0.05) is 53.5 Å². The summed E-state index contributed by atoms with van der Waals surface area (Å²) in [6, 6.07) is 11.6. The van der Waals surface area contributed by atoms with Crippen molar-refractivity contribution in [2.45, 2.75) is 13.0 Å². The van der Waals surface area contributed by atoms with Gasteiger partial charge in [0.25, 0.3) is 5.91 Å². The van der Waals surface area contributed by atoms with Crippen molar-refractivity contribution in [2.24, 2.45) is 0 Å². The van der Waals surface area contributed by atoms with Crippen molar-refractivity contribution < 1.29 is 19.4 Å². The van der Waals surface area contributed by atoms with Crippen molar-refractivity contribution in [3.63, 3.8) is 0 Å². The number of nitrogens with one attached hydrogen (secondary N) is 1. The van der Waals surface area contributed by atoms with E-state index in [1.54, 1.807) is 18.2 Å². The lowest BCUT2D eigenvalue weighted by molar-refractivity contribution is -0.123. The molecule has 1 heterocycles. The van der Waals surface area contributed by atoms with Gasteiger partial charge in [-0.15, -0.1) is 0 Å². The standard InChI is InChI=1S/C19H14Cl2N2O4/c1-10(18(25)23-17-15(21)8-12(20)9-22-17)27-19(26)14-7-6-11-4-2-3-5-13(11)16(14)24/h2-10,24H,1H3,(H,22,23,25). The first-order valence-electron chi connectivity index (χ1n) is 7.90. The van der Waals surface area contributed by atoms with Gasteiger partial charge in [0.15, 0.2) is 11.9 Å². The Morgan fingerprint density at radius 1 is 1.19 bits per heavy atom. The van der Waals surface area contributed by atoms with E-state index in [0.29, 0.717) is 10.4 Å². The molecule has 27 heavy (non-hydrogen) atoms. The molecule has 3 rings (SSSR count). The number of phenols is 1. The smallest absolute Gasteiger partial charge is 0.342 e. The van der Waals surface area contributed by atoms with Crippen molar-refractivity contribution in [3.05, 3.63) is 64.3 Å². The van der Waals surface area contributed by atoms with Crippen LogP contribution in [0.1, 0.15) is 17.3 Å². The summed E-state index contributed by atoms with van der Waals surface area (Å²) in [6.45, 7) is 1.40. The van der Waals surface area contributed by atoms with Crippen LogP contribution in [0.25, 0.3) is 10.8 Å². The maximum atomic E-state index is 12.4. The van der Waals surface area contributed by atoms with Gasteiger partial charge >= 0.3 is 5.97 Å². The minimum absolute atomic E-state index is 0.0315. The minimum atomic E-state index is -1.14. The van der Waals surface area contributed by atoms with Gasteiger partial charge in [0.05, 0.1) is 10.0 Å². The Hall–Kier alpha value is -2.83. The van der Waals surface area contributed by atoms with Crippen LogP contribution < -0.4 is 5.32 Å². The number of amides is 1. The molecule has 0 saturated carbocycles. The zero-order chi connectivity index (χ0) is 19.6. The molecule has 2 N–H and O–H groups in total. The number of ether oxygens (including phenoxy) is 1. The topological polar surface area (TPSA) is 88.5 Å². The number of aromatic hydroxyl groups is 1. The Kier molecular flexibility index (Phi) is 5.48. The van der Waals surface area contributed by atoms with Crippen molar-refractivity contribution in [1.82, 2.24) is 4.98 Å². The first kappa shape index (κ1) is 18.9. The number of esters is 1. The van der Waals surface area contributed by atoms with Crippen LogP contribution in [0.15, 0.2) is 48.7 Å². The predicted molar refractivity (Wildman–Crippen MR) is 103 cm³/mol. The van der Waals surface area contributed by atoms with E-state index in [0.717, 1.165) is 5.39 Å². The Morgan fingerprint density at radius 3 is 2.67 bits per heavy atom. The van der Waals surface area contributed by atoms with E-state index in [-0.39, 0.29) is 22.2 Å². The highest BCUT2D eigenvalue weighted by molar-refractivity contribution is 6.36. The molecule has 6 nitrogen and oxygen atoms in total.